The first-order valence-electron chi connectivity index (χ1n) is 10.1. The zero-order valence-corrected chi connectivity index (χ0v) is 17.4. The second kappa shape index (κ2) is 8.74. The molecule has 2 aromatic rings. The summed E-state index contributed by atoms with van der Waals surface area (Å²) in [5.74, 6) is 0.204. The number of benzene rings is 1. The first-order valence-corrected chi connectivity index (χ1v) is 10.9. The van der Waals surface area contributed by atoms with Crippen molar-refractivity contribution in [2.75, 3.05) is 63.2 Å². The summed E-state index contributed by atoms with van der Waals surface area (Å²) in [7, 11) is 0. The predicted molar refractivity (Wildman–Crippen MR) is 117 cm³/mol. The minimum absolute atomic E-state index is 0.262. The average molecular weight is 420 g/mol. The fourth-order valence-electron chi connectivity index (χ4n) is 3.95. The Kier molecular flexibility index (Phi) is 6.09. The standard InChI is InChI=1S/C20H29N5O3S/c21-13-1-3-25(4-2-13)14-11-15(28-10-7-24-5-8-27-9-6-24)17-16(12-14)29-19(18(17)22)20(23)26/h11-13H,1-10,21-22H2,(H2,23,26). The van der Waals surface area contributed by atoms with Gasteiger partial charge in [-0.25, -0.2) is 0 Å². The highest BCUT2D eigenvalue weighted by atomic mass is 32.1. The molecule has 0 saturated carbocycles. The maximum absolute atomic E-state index is 11.8. The number of nitrogens with two attached hydrogens (primary N) is 3. The summed E-state index contributed by atoms with van der Waals surface area (Å²) in [6, 6.07) is 4.37. The molecule has 3 heterocycles. The molecule has 8 nitrogen and oxygen atoms in total. The number of nitrogens with zero attached hydrogens (tertiary/aromatic N) is 2. The van der Waals surface area contributed by atoms with Crippen LogP contribution in [0.25, 0.3) is 10.1 Å². The highest BCUT2D eigenvalue weighted by Gasteiger charge is 2.22. The maximum Gasteiger partial charge on any atom is 0.260 e. The van der Waals surface area contributed by atoms with E-state index in [0.717, 1.165) is 74.6 Å². The van der Waals surface area contributed by atoms with Crippen LogP contribution in [0.3, 0.4) is 0 Å². The summed E-state index contributed by atoms with van der Waals surface area (Å²) in [5.41, 5.74) is 19.3. The van der Waals surface area contributed by atoms with E-state index in [4.69, 9.17) is 26.7 Å². The molecule has 2 aliphatic rings. The smallest absolute Gasteiger partial charge is 0.260 e. The average Bonchev–Trinajstić information content (AvgIpc) is 3.06. The van der Waals surface area contributed by atoms with Crippen LogP contribution >= 0.6 is 11.3 Å². The third kappa shape index (κ3) is 4.42. The molecule has 0 radical (unpaired) electrons. The monoisotopic (exact) mass is 419 g/mol. The third-order valence-corrected chi connectivity index (χ3v) is 6.84. The summed E-state index contributed by atoms with van der Waals surface area (Å²) in [5, 5.41) is 0.781. The van der Waals surface area contributed by atoms with E-state index in [-0.39, 0.29) is 6.04 Å². The van der Waals surface area contributed by atoms with Gasteiger partial charge >= 0.3 is 0 Å². The van der Waals surface area contributed by atoms with Gasteiger partial charge in [0.05, 0.1) is 24.3 Å². The molecule has 0 unspecified atom stereocenters. The first-order chi connectivity index (χ1) is 14.0. The number of morpholine rings is 1. The lowest BCUT2D eigenvalue weighted by Gasteiger charge is -2.32. The summed E-state index contributed by atoms with van der Waals surface area (Å²) in [4.78, 5) is 16.8. The Bertz CT molecular complexity index is 873. The molecule has 2 aliphatic heterocycles. The Morgan fingerprint density at radius 2 is 1.93 bits per heavy atom. The number of carbonyl (C=O) groups is 1. The number of fused-ring (bicyclic) bond motifs is 1. The van der Waals surface area contributed by atoms with Crippen molar-refractivity contribution in [3.8, 4) is 5.75 Å². The van der Waals surface area contributed by atoms with E-state index in [1.54, 1.807) is 0 Å². The molecule has 6 N–H and O–H groups in total. The molecule has 1 amide bonds. The predicted octanol–water partition coefficient (Wildman–Crippen LogP) is 1.22. The van der Waals surface area contributed by atoms with Crippen molar-refractivity contribution in [3.63, 3.8) is 0 Å². The second-order valence-corrected chi connectivity index (χ2v) is 8.71. The first kappa shape index (κ1) is 20.2. The Hall–Kier alpha value is -2.07. The van der Waals surface area contributed by atoms with E-state index in [1.807, 2.05) is 6.07 Å². The summed E-state index contributed by atoms with van der Waals surface area (Å²) >= 11 is 1.33. The van der Waals surface area contributed by atoms with Gasteiger partial charge in [-0.2, -0.15) is 0 Å². The van der Waals surface area contributed by atoms with Crippen LogP contribution in [0.1, 0.15) is 22.5 Å². The Labute approximate surface area is 174 Å². The van der Waals surface area contributed by atoms with Gasteiger partial charge in [-0.3, -0.25) is 9.69 Å². The van der Waals surface area contributed by atoms with E-state index in [2.05, 4.69) is 15.9 Å². The number of piperidine rings is 1. The number of amides is 1. The number of hydrogen-bond acceptors (Lipinski definition) is 8. The largest absolute Gasteiger partial charge is 0.491 e. The highest BCUT2D eigenvalue weighted by molar-refractivity contribution is 7.21. The van der Waals surface area contributed by atoms with Gasteiger partial charge in [0.2, 0.25) is 0 Å². The van der Waals surface area contributed by atoms with Crippen molar-refractivity contribution in [2.45, 2.75) is 18.9 Å². The number of anilines is 2. The number of carbonyl (C=O) groups excluding carboxylic acids is 1. The summed E-state index contributed by atoms with van der Waals surface area (Å²) in [6.07, 6.45) is 1.93. The van der Waals surface area contributed by atoms with Crippen LogP contribution in [0.5, 0.6) is 5.75 Å². The number of rotatable bonds is 6. The minimum Gasteiger partial charge on any atom is -0.491 e. The topological polar surface area (TPSA) is 120 Å². The Morgan fingerprint density at radius 1 is 1.21 bits per heavy atom. The van der Waals surface area contributed by atoms with Crippen LogP contribution in [0, 0.1) is 0 Å². The van der Waals surface area contributed by atoms with Crippen LogP contribution < -0.4 is 26.8 Å². The quantitative estimate of drug-likeness (QED) is 0.644. The minimum atomic E-state index is -0.506. The zero-order chi connectivity index (χ0) is 20.4. The van der Waals surface area contributed by atoms with Gasteiger partial charge in [-0.15, -0.1) is 11.3 Å². The molecule has 0 aliphatic carbocycles. The molecule has 9 heteroatoms. The Balaban J connectivity index is 1.60. The van der Waals surface area contributed by atoms with E-state index >= 15 is 0 Å². The summed E-state index contributed by atoms with van der Waals surface area (Å²) in [6.45, 7) is 6.53. The molecule has 1 aromatic heterocycles. The van der Waals surface area contributed by atoms with E-state index in [9.17, 15) is 4.79 Å². The number of nitrogen functional groups attached to an aromatic ring is 1. The molecule has 1 aromatic carbocycles. The van der Waals surface area contributed by atoms with Crippen LogP contribution in [0.15, 0.2) is 12.1 Å². The van der Waals surface area contributed by atoms with Crippen molar-refractivity contribution >= 4 is 38.7 Å². The molecule has 2 fully saturated rings. The molecule has 0 atom stereocenters. The van der Waals surface area contributed by atoms with Crippen molar-refractivity contribution in [2.24, 2.45) is 11.5 Å². The lowest BCUT2D eigenvalue weighted by atomic mass is 10.0. The van der Waals surface area contributed by atoms with Gasteiger partial charge in [-0.1, -0.05) is 0 Å². The number of ether oxygens (including phenoxy) is 2. The van der Waals surface area contributed by atoms with Crippen molar-refractivity contribution in [3.05, 3.63) is 17.0 Å². The molecule has 29 heavy (non-hydrogen) atoms. The van der Waals surface area contributed by atoms with E-state index < -0.39 is 5.91 Å². The van der Waals surface area contributed by atoms with Gasteiger partial charge in [0.25, 0.3) is 5.91 Å². The molecule has 0 spiro atoms. The summed E-state index contributed by atoms with van der Waals surface area (Å²) < 4.78 is 12.5. The van der Waals surface area contributed by atoms with Crippen molar-refractivity contribution in [1.29, 1.82) is 0 Å². The highest BCUT2D eigenvalue weighted by Crippen LogP contribution is 2.42. The van der Waals surface area contributed by atoms with Crippen LogP contribution in [0.4, 0.5) is 11.4 Å². The zero-order valence-electron chi connectivity index (χ0n) is 16.6. The van der Waals surface area contributed by atoms with Gasteiger partial charge in [-0.05, 0) is 18.9 Å². The number of thiophene rings is 1. The van der Waals surface area contributed by atoms with Gasteiger partial charge in [0, 0.05) is 55.2 Å². The molecule has 2 saturated heterocycles. The van der Waals surface area contributed by atoms with Gasteiger partial charge in [0.1, 0.15) is 17.2 Å². The van der Waals surface area contributed by atoms with E-state index in [0.29, 0.717) is 22.9 Å². The fourth-order valence-corrected chi connectivity index (χ4v) is 4.97. The molecular weight excluding hydrogens is 390 g/mol. The van der Waals surface area contributed by atoms with Gasteiger partial charge in [0.15, 0.2) is 0 Å². The normalized spacial score (nSPS) is 19.0. The van der Waals surface area contributed by atoms with Crippen LogP contribution in [0.2, 0.25) is 0 Å². The fraction of sp³-hybridized carbons (Fsp3) is 0.550. The molecule has 4 rings (SSSR count). The second-order valence-electron chi connectivity index (χ2n) is 7.65. The van der Waals surface area contributed by atoms with Gasteiger partial charge < -0.3 is 31.6 Å². The van der Waals surface area contributed by atoms with Crippen LogP contribution in [-0.4, -0.2) is 69.4 Å². The number of primary amides is 1. The lowest BCUT2D eigenvalue weighted by molar-refractivity contribution is 0.0323. The van der Waals surface area contributed by atoms with E-state index in [1.165, 1.54) is 11.3 Å². The third-order valence-electron chi connectivity index (χ3n) is 5.67. The lowest BCUT2D eigenvalue weighted by Crippen LogP contribution is -2.39. The van der Waals surface area contributed by atoms with Crippen LogP contribution in [-0.2, 0) is 4.74 Å². The molecule has 0 bridgehead atoms. The van der Waals surface area contributed by atoms with Crippen molar-refractivity contribution < 1.29 is 14.3 Å². The molecule has 158 valence electrons. The number of hydrogen-bond donors (Lipinski definition) is 3. The Morgan fingerprint density at radius 3 is 2.62 bits per heavy atom. The van der Waals surface area contributed by atoms with Crippen molar-refractivity contribution in [1.82, 2.24) is 4.90 Å². The maximum atomic E-state index is 11.8. The molecular formula is C20H29N5O3S. The SMILES string of the molecule is NC(=O)c1sc2cc(N3CCC(N)CC3)cc(OCCN3CCOCC3)c2c1N.